The van der Waals surface area contributed by atoms with Crippen LogP contribution < -0.4 is 5.32 Å². The second-order valence-electron chi connectivity index (χ2n) is 12.3. The number of hydrogen-bond acceptors (Lipinski definition) is 4. The van der Waals surface area contributed by atoms with Crippen molar-refractivity contribution >= 4 is 11.6 Å². The third kappa shape index (κ3) is 9.64. The molecule has 3 rings (SSSR count). The van der Waals surface area contributed by atoms with Crippen molar-refractivity contribution in [2.24, 2.45) is 22.7 Å². The highest BCUT2D eigenvalue weighted by Gasteiger charge is 2.25. The van der Waals surface area contributed by atoms with E-state index in [-0.39, 0.29) is 11.8 Å². The Morgan fingerprint density at radius 2 is 1.71 bits per heavy atom. The predicted octanol–water partition coefficient (Wildman–Crippen LogP) is 6.46. The number of amides is 1. The maximum absolute atomic E-state index is 12.8. The Hall–Kier alpha value is -1.98. The molecule has 1 amide bonds. The molecule has 1 aromatic rings. The minimum Gasteiger partial charge on any atom is -0.356 e. The van der Waals surface area contributed by atoms with Crippen LogP contribution in [0.5, 0.6) is 0 Å². The first-order valence-electron chi connectivity index (χ1n) is 15.3. The van der Waals surface area contributed by atoms with Gasteiger partial charge in [-0.2, -0.15) is 0 Å². The standard InChI is InChI=1S/C33H54N4O/c1-7-12-31(30-14-9-8-13-28(30)6)35-32(25(2)3)24-36-19-15-29(16-20-36)33(38)34-17-10-11-18-37-22-26(4)21-27(5)23-37/h8-9,13-14,26-27,29H,7,10-12,15-24H2,1-6H3,(H,34,38)/b35-31+. The molecular formula is C33H54N4O. The number of carbonyl (C=O) groups is 1. The van der Waals surface area contributed by atoms with Crippen LogP contribution in [0.1, 0.15) is 90.7 Å². The highest BCUT2D eigenvalue weighted by molar-refractivity contribution is 6.02. The number of hydrogen-bond donors (Lipinski definition) is 1. The highest BCUT2D eigenvalue weighted by atomic mass is 16.1. The van der Waals surface area contributed by atoms with Gasteiger partial charge in [-0.25, -0.2) is 0 Å². The third-order valence-corrected chi connectivity index (χ3v) is 8.27. The summed E-state index contributed by atoms with van der Waals surface area (Å²) in [6.45, 7) is 20.7. The molecule has 38 heavy (non-hydrogen) atoms. The van der Waals surface area contributed by atoms with Crippen molar-refractivity contribution in [1.29, 1.82) is 0 Å². The van der Waals surface area contributed by atoms with E-state index in [0.717, 1.165) is 70.1 Å². The van der Waals surface area contributed by atoms with E-state index in [9.17, 15) is 4.79 Å². The third-order valence-electron chi connectivity index (χ3n) is 8.27. The van der Waals surface area contributed by atoms with Crippen LogP contribution in [-0.2, 0) is 4.79 Å². The average Bonchev–Trinajstić information content (AvgIpc) is 2.87. The van der Waals surface area contributed by atoms with Crippen molar-refractivity contribution in [3.05, 3.63) is 46.7 Å². The zero-order valence-corrected chi connectivity index (χ0v) is 25.2. The Kier molecular flexibility index (Phi) is 12.5. The summed E-state index contributed by atoms with van der Waals surface area (Å²) in [7, 11) is 0. The summed E-state index contributed by atoms with van der Waals surface area (Å²) < 4.78 is 0. The van der Waals surface area contributed by atoms with Gasteiger partial charge in [-0.15, -0.1) is 0 Å². The van der Waals surface area contributed by atoms with Crippen molar-refractivity contribution in [2.45, 2.75) is 86.5 Å². The van der Waals surface area contributed by atoms with E-state index in [1.165, 1.54) is 60.6 Å². The molecule has 2 saturated heterocycles. The number of likely N-dealkylation sites (tertiary alicyclic amines) is 2. The van der Waals surface area contributed by atoms with Gasteiger partial charge in [0.2, 0.25) is 5.91 Å². The first kappa shape index (κ1) is 30.6. The van der Waals surface area contributed by atoms with Crippen LogP contribution in [0.15, 0.2) is 40.5 Å². The number of nitrogens with zero attached hydrogens (tertiary/aromatic N) is 3. The number of benzene rings is 1. The lowest BCUT2D eigenvalue weighted by molar-refractivity contribution is -0.126. The zero-order valence-electron chi connectivity index (χ0n) is 25.2. The van der Waals surface area contributed by atoms with Gasteiger partial charge in [0, 0.05) is 37.8 Å². The average molecular weight is 523 g/mol. The SMILES string of the molecule is CCC/C(=N\C(CN1CCC(C(=O)NCCCCN2CC(C)CC(C)C2)CC1)=C(C)C)c1ccccc1C. The minimum absolute atomic E-state index is 0.149. The number of allylic oxidation sites excluding steroid dienone is 1. The number of aryl methyl sites for hydroxylation is 1. The summed E-state index contributed by atoms with van der Waals surface area (Å²) in [5, 5.41) is 3.24. The summed E-state index contributed by atoms with van der Waals surface area (Å²) in [4.78, 5) is 23.1. The van der Waals surface area contributed by atoms with Crippen LogP contribution in [0.25, 0.3) is 0 Å². The molecule has 0 radical (unpaired) electrons. The lowest BCUT2D eigenvalue weighted by atomic mass is 9.92. The van der Waals surface area contributed by atoms with Gasteiger partial charge >= 0.3 is 0 Å². The molecule has 1 aromatic carbocycles. The predicted molar refractivity (Wildman–Crippen MR) is 162 cm³/mol. The fourth-order valence-electron chi connectivity index (χ4n) is 6.21. The number of piperidine rings is 2. The smallest absolute Gasteiger partial charge is 0.223 e. The lowest BCUT2D eigenvalue weighted by Crippen LogP contribution is -2.41. The van der Waals surface area contributed by atoms with Gasteiger partial charge in [0.15, 0.2) is 0 Å². The van der Waals surface area contributed by atoms with E-state index in [1.807, 2.05) is 0 Å². The summed E-state index contributed by atoms with van der Waals surface area (Å²) in [5.41, 5.74) is 6.21. The Labute approximate surface area is 233 Å². The van der Waals surface area contributed by atoms with Gasteiger partial charge in [-0.05, 0) is 102 Å². The van der Waals surface area contributed by atoms with Crippen molar-refractivity contribution in [3.8, 4) is 0 Å². The van der Waals surface area contributed by atoms with Gasteiger partial charge in [0.25, 0.3) is 0 Å². The molecule has 2 fully saturated rings. The van der Waals surface area contributed by atoms with E-state index >= 15 is 0 Å². The molecule has 2 aliphatic heterocycles. The fourth-order valence-corrected chi connectivity index (χ4v) is 6.21. The van der Waals surface area contributed by atoms with Crippen molar-refractivity contribution in [1.82, 2.24) is 15.1 Å². The van der Waals surface area contributed by atoms with Gasteiger partial charge in [0.05, 0.1) is 5.70 Å². The van der Waals surface area contributed by atoms with Gasteiger partial charge in [0.1, 0.15) is 0 Å². The molecule has 0 bridgehead atoms. The first-order chi connectivity index (χ1) is 18.3. The van der Waals surface area contributed by atoms with Crippen LogP contribution in [0.4, 0.5) is 0 Å². The monoisotopic (exact) mass is 522 g/mol. The molecular weight excluding hydrogens is 468 g/mol. The van der Waals surface area contributed by atoms with Crippen molar-refractivity contribution in [2.75, 3.05) is 45.8 Å². The topological polar surface area (TPSA) is 47.9 Å². The molecule has 212 valence electrons. The van der Waals surface area contributed by atoms with Gasteiger partial charge < -0.3 is 10.2 Å². The molecule has 0 saturated carbocycles. The summed E-state index contributed by atoms with van der Waals surface area (Å²) >= 11 is 0. The molecule has 5 nitrogen and oxygen atoms in total. The van der Waals surface area contributed by atoms with E-state index in [2.05, 4.69) is 80.9 Å². The highest BCUT2D eigenvalue weighted by Crippen LogP contribution is 2.22. The largest absolute Gasteiger partial charge is 0.356 e. The second kappa shape index (κ2) is 15.6. The molecule has 0 aliphatic carbocycles. The minimum atomic E-state index is 0.149. The molecule has 5 heteroatoms. The summed E-state index contributed by atoms with van der Waals surface area (Å²) in [6.07, 6.45) is 7.56. The van der Waals surface area contributed by atoms with E-state index in [0.29, 0.717) is 0 Å². The van der Waals surface area contributed by atoms with Crippen molar-refractivity contribution in [3.63, 3.8) is 0 Å². The van der Waals surface area contributed by atoms with E-state index in [4.69, 9.17) is 4.99 Å². The Morgan fingerprint density at radius 3 is 2.34 bits per heavy atom. The van der Waals surface area contributed by atoms with Crippen LogP contribution >= 0.6 is 0 Å². The maximum atomic E-state index is 12.8. The number of nitrogens with one attached hydrogen (secondary N) is 1. The van der Waals surface area contributed by atoms with Crippen LogP contribution in [0.2, 0.25) is 0 Å². The number of aliphatic imine (C=N–C) groups is 1. The summed E-state index contributed by atoms with van der Waals surface area (Å²) in [5.74, 6) is 2.04. The zero-order chi connectivity index (χ0) is 27.5. The first-order valence-corrected chi connectivity index (χ1v) is 15.3. The fraction of sp³-hybridized carbons (Fsp3) is 0.697. The maximum Gasteiger partial charge on any atom is 0.223 e. The molecule has 2 unspecified atom stereocenters. The van der Waals surface area contributed by atoms with Crippen LogP contribution in [-0.4, -0.2) is 67.2 Å². The van der Waals surface area contributed by atoms with Gasteiger partial charge in [-0.3, -0.25) is 14.7 Å². The number of rotatable bonds is 12. The molecule has 2 aliphatic rings. The normalized spacial score (nSPS) is 21.9. The number of unbranched alkanes of at least 4 members (excludes halogenated alkanes) is 1. The Morgan fingerprint density at radius 1 is 1.03 bits per heavy atom. The molecule has 1 N–H and O–H groups in total. The van der Waals surface area contributed by atoms with E-state index < -0.39 is 0 Å². The van der Waals surface area contributed by atoms with E-state index in [1.54, 1.807) is 0 Å². The van der Waals surface area contributed by atoms with Gasteiger partial charge in [-0.1, -0.05) is 57.0 Å². The summed E-state index contributed by atoms with van der Waals surface area (Å²) in [6, 6.07) is 8.58. The Bertz CT molecular complexity index is 930. The van der Waals surface area contributed by atoms with Crippen LogP contribution in [0.3, 0.4) is 0 Å². The molecule has 0 aromatic heterocycles. The molecule has 2 heterocycles. The molecule has 0 spiro atoms. The number of carbonyl (C=O) groups excluding carboxylic acids is 1. The van der Waals surface area contributed by atoms with Crippen molar-refractivity contribution < 1.29 is 4.79 Å². The quantitative estimate of drug-likeness (QED) is 0.253. The second-order valence-corrected chi connectivity index (χ2v) is 12.3. The van der Waals surface area contributed by atoms with Crippen LogP contribution in [0, 0.1) is 24.7 Å². The Balaban J connectivity index is 1.42. The molecule has 2 atom stereocenters. The lowest BCUT2D eigenvalue weighted by Gasteiger charge is -2.35.